The topological polar surface area (TPSA) is 80.5 Å². The zero-order chi connectivity index (χ0) is 17.0. The molecule has 0 radical (unpaired) electrons. The van der Waals surface area contributed by atoms with Crippen LogP contribution in [0.1, 0.15) is 32.0 Å². The van der Waals surface area contributed by atoms with Crippen molar-refractivity contribution in [1.29, 1.82) is 0 Å². The lowest BCUT2D eigenvalue weighted by molar-refractivity contribution is -0.159. The third-order valence-electron chi connectivity index (χ3n) is 3.34. The van der Waals surface area contributed by atoms with Gasteiger partial charge in [-0.25, -0.2) is 4.79 Å². The van der Waals surface area contributed by atoms with Gasteiger partial charge in [-0.1, -0.05) is 19.0 Å². The maximum Gasteiger partial charge on any atom is 0.471 e. The van der Waals surface area contributed by atoms with Crippen LogP contribution < -0.4 is 5.32 Å². The van der Waals surface area contributed by atoms with Gasteiger partial charge in [-0.2, -0.15) is 18.2 Å². The number of nitrogens with zero attached hydrogens (tertiary/aromatic N) is 3. The quantitative estimate of drug-likeness (QED) is 0.910. The maximum absolute atomic E-state index is 12.4. The highest BCUT2D eigenvalue weighted by Crippen LogP contribution is 2.27. The van der Waals surface area contributed by atoms with E-state index in [-0.39, 0.29) is 24.4 Å². The molecular formula is C13H19F3N4O3. The molecule has 0 saturated carbocycles. The SMILES string of the molecule is CC(C)C[C@@H]1COCCN1C(=O)NCc1noc(C(F)(F)F)n1. The monoisotopic (exact) mass is 336 g/mol. The Morgan fingerprint density at radius 1 is 1.48 bits per heavy atom. The molecule has 10 heteroatoms. The van der Waals surface area contributed by atoms with Crippen LogP contribution in [0.5, 0.6) is 0 Å². The van der Waals surface area contributed by atoms with Crippen molar-refractivity contribution in [2.45, 2.75) is 39.0 Å². The van der Waals surface area contributed by atoms with Gasteiger partial charge in [0, 0.05) is 6.54 Å². The van der Waals surface area contributed by atoms with Gasteiger partial charge in [0.05, 0.1) is 25.8 Å². The number of ether oxygens (including phenoxy) is 1. The van der Waals surface area contributed by atoms with Crippen LogP contribution in [0, 0.1) is 5.92 Å². The number of halogens is 3. The van der Waals surface area contributed by atoms with Crippen molar-refractivity contribution in [3.05, 3.63) is 11.7 Å². The van der Waals surface area contributed by atoms with Gasteiger partial charge in [0.2, 0.25) is 0 Å². The van der Waals surface area contributed by atoms with Crippen molar-refractivity contribution in [1.82, 2.24) is 20.4 Å². The first-order valence-corrected chi connectivity index (χ1v) is 7.29. The Bertz CT molecular complexity index is 533. The van der Waals surface area contributed by atoms with Crippen molar-refractivity contribution >= 4 is 6.03 Å². The Morgan fingerprint density at radius 3 is 2.83 bits per heavy atom. The number of morpholine rings is 1. The molecule has 0 spiro atoms. The fourth-order valence-corrected chi connectivity index (χ4v) is 2.36. The lowest BCUT2D eigenvalue weighted by Gasteiger charge is -2.36. The van der Waals surface area contributed by atoms with Gasteiger partial charge in [-0.15, -0.1) is 0 Å². The minimum Gasteiger partial charge on any atom is -0.377 e. The summed E-state index contributed by atoms with van der Waals surface area (Å²) in [5.74, 6) is -1.26. The molecule has 0 bridgehead atoms. The zero-order valence-corrected chi connectivity index (χ0v) is 12.9. The smallest absolute Gasteiger partial charge is 0.377 e. The number of carbonyl (C=O) groups excluding carboxylic acids is 1. The van der Waals surface area contributed by atoms with E-state index in [1.165, 1.54) is 0 Å². The van der Waals surface area contributed by atoms with Gasteiger partial charge in [-0.3, -0.25) is 0 Å². The number of amides is 2. The van der Waals surface area contributed by atoms with Gasteiger partial charge in [0.1, 0.15) is 0 Å². The molecule has 2 heterocycles. The molecule has 1 aromatic heterocycles. The summed E-state index contributed by atoms with van der Waals surface area (Å²) >= 11 is 0. The van der Waals surface area contributed by atoms with Crippen LogP contribution in [-0.2, 0) is 17.5 Å². The molecule has 1 atom stereocenters. The molecule has 2 amide bonds. The third kappa shape index (κ3) is 4.81. The summed E-state index contributed by atoms with van der Waals surface area (Å²) in [6.07, 6.45) is -3.91. The number of carbonyl (C=O) groups is 1. The van der Waals surface area contributed by atoms with Crippen LogP contribution >= 0.6 is 0 Å². The summed E-state index contributed by atoms with van der Waals surface area (Å²) in [5, 5.41) is 5.72. The van der Waals surface area contributed by atoms with Gasteiger partial charge < -0.3 is 19.5 Å². The minimum absolute atomic E-state index is 0.0558. The van der Waals surface area contributed by atoms with Gasteiger partial charge >= 0.3 is 18.1 Å². The maximum atomic E-state index is 12.4. The second kappa shape index (κ2) is 7.16. The van der Waals surface area contributed by atoms with E-state index < -0.39 is 12.1 Å². The summed E-state index contributed by atoms with van der Waals surface area (Å²) in [4.78, 5) is 17.1. The molecule has 0 unspecified atom stereocenters. The van der Waals surface area contributed by atoms with E-state index in [0.29, 0.717) is 25.7 Å². The molecule has 1 N–H and O–H groups in total. The third-order valence-corrected chi connectivity index (χ3v) is 3.34. The minimum atomic E-state index is -4.69. The molecule has 0 aromatic carbocycles. The molecule has 7 nitrogen and oxygen atoms in total. The molecule has 2 rings (SSSR count). The Balaban J connectivity index is 1.91. The van der Waals surface area contributed by atoms with Crippen LogP contribution in [0.3, 0.4) is 0 Å². The first-order valence-electron chi connectivity index (χ1n) is 7.29. The Morgan fingerprint density at radius 2 is 2.22 bits per heavy atom. The molecular weight excluding hydrogens is 317 g/mol. The van der Waals surface area contributed by atoms with Crippen LogP contribution in [0.15, 0.2) is 4.52 Å². The number of hydrogen-bond donors (Lipinski definition) is 1. The number of rotatable bonds is 4. The summed E-state index contributed by atoms with van der Waals surface area (Å²) in [7, 11) is 0. The summed E-state index contributed by atoms with van der Waals surface area (Å²) in [6.45, 7) is 5.17. The fourth-order valence-electron chi connectivity index (χ4n) is 2.36. The van der Waals surface area contributed by atoms with E-state index in [4.69, 9.17) is 4.74 Å². The van der Waals surface area contributed by atoms with Gasteiger partial charge in [0.15, 0.2) is 5.82 Å². The van der Waals surface area contributed by atoms with Gasteiger partial charge in [0.25, 0.3) is 0 Å². The number of alkyl halides is 3. The molecule has 1 aromatic rings. The van der Waals surface area contributed by atoms with E-state index in [2.05, 4.69) is 20.0 Å². The molecule has 1 aliphatic heterocycles. The largest absolute Gasteiger partial charge is 0.471 e. The second-order valence-electron chi connectivity index (χ2n) is 5.72. The van der Waals surface area contributed by atoms with Crippen LogP contribution in [0.25, 0.3) is 0 Å². The molecule has 1 aliphatic rings. The first kappa shape index (κ1) is 17.5. The van der Waals surface area contributed by atoms with E-state index in [9.17, 15) is 18.0 Å². The standard InChI is InChI=1S/C13H19F3N4O3/c1-8(2)5-9-7-22-4-3-20(9)12(21)17-6-10-18-11(23-19-10)13(14,15)16/h8-9H,3-7H2,1-2H3,(H,17,21)/t9-/m1/s1. The summed E-state index contributed by atoms with van der Waals surface area (Å²) < 4.78 is 46.6. The highest BCUT2D eigenvalue weighted by atomic mass is 19.4. The number of urea groups is 1. The van der Waals surface area contributed by atoms with Crippen LogP contribution in [0.2, 0.25) is 0 Å². The lowest BCUT2D eigenvalue weighted by atomic mass is 10.0. The summed E-state index contributed by atoms with van der Waals surface area (Å²) in [5.41, 5.74) is 0. The second-order valence-corrected chi connectivity index (χ2v) is 5.72. The molecule has 0 aliphatic carbocycles. The van der Waals surface area contributed by atoms with Crippen molar-refractivity contribution in [3.8, 4) is 0 Å². The van der Waals surface area contributed by atoms with Crippen molar-refractivity contribution in [3.63, 3.8) is 0 Å². The highest BCUT2D eigenvalue weighted by molar-refractivity contribution is 5.74. The fraction of sp³-hybridized carbons (Fsp3) is 0.769. The molecule has 1 saturated heterocycles. The summed E-state index contributed by atoms with van der Waals surface area (Å²) in [6, 6.07) is -0.433. The number of nitrogens with one attached hydrogen (secondary N) is 1. The number of hydrogen-bond acceptors (Lipinski definition) is 5. The highest BCUT2D eigenvalue weighted by Gasteiger charge is 2.38. The van der Waals surface area contributed by atoms with Crippen LogP contribution in [0.4, 0.5) is 18.0 Å². The van der Waals surface area contributed by atoms with Crippen molar-refractivity contribution in [2.75, 3.05) is 19.8 Å². The molecule has 23 heavy (non-hydrogen) atoms. The van der Waals surface area contributed by atoms with E-state index >= 15 is 0 Å². The zero-order valence-electron chi connectivity index (χ0n) is 12.9. The Hall–Kier alpha value is -1.84. The Labute approximate surface area is 131 Å². The first-order chi connectivity index (χ1) is 10.8. The molecule has 1 fully saturated rings. The normalized spacial score (nSPS) is 19.2. The van der Waals surface area contributed by atoms with E-state index in [0.717, 1.165) is 6.42 Å². The average molecular weight is 336 g/mol. The lowest BCUT2D eigenvalue weighted by Crippen LogP contribution is -2.52. The van der Waals surface area contributed by atoms with Crippen LogP contribution in [-0.4, -0.2) is 46.9 Å². The van der Waals surface area contributed by atoms with Crippen molar-refractivity contribution in [2.24, 2.45) is 5.92 Å². The van der Waals surface area contributed by atoms with Gasteiger partial charge in [-0.05, 0) is 12.3 Å². The van der Waals surface area contributed by atoms with Crippen molar-refractivity contribution < 1.29 is 27.2 Å². The number of aromatic nitrogens is 2. The van der Waals surface area contributed by atoms with E-state index in [1.54, 1.807) is 4.90 Å². The predicted molar refractivity (Wildman–Crippen MR) is 72.3 cm³/mol. The average Bonchev–Trinajstić information content (AvgIpc) is 2.93. The molecule has 130 valence electrons. The predicted octanol–water partition coefficient (Wildman–Crippen LogP) is 2.04. The van der Waals surface area contributed by atoms with E-state index in [1.807, 2.05) is 13.8 Å². The Kier molecular flexibility index (Phi) is 5.45.